The second kappa shape index (κ2) is 10.5. The normalized spacial score (nSPS) is 13.1. The summed E-state index contributed by atoms with van der Waals surface area (Å²) in [6, 6.07) is 59.2. The summed E-state index contributed by atoms with van der Waals surface area (Å²) in [5.74, 6) is 0. The van der Waals surface area contributed by atoms with Crippen molar-refractivity contribution in [3.05, 3.63) is 163 Å². The number of benzene rings is 7. The molecule has 7 aromatic carbocycles. The van der Waals surface area contributed by atoms with Crippen LogP contribution in [0, 0.1) is 0 Å². The third-order valence-corrected chi connectivity index (χ3v) is 11.1. The molecule has 2 aliphatic rings. The van der Waals surface area contributed by atoms with Gasteiger partial charge in [0.05, 0.1) is 0 Å². The van der Waals surface area contributed by atoms with Gasteiger partial charge in [0.25, 0.3) is 0 Å². The highest BCUT2D eigenvalue weighted by Gasteiger charge is 2.43. The Kier molecular flexibility index (Phi) is 6.09. The average molecular weight is 623 g/mol. The maximum atomic E-state index is 2.65. The van der Waals surface area contributed by atoms with Gasteiger partial charge in [-0.25, -0.2) is 0 Å². The minimum absolute atomic E-state index is 0.0339. The van der Waals surface area contributed by atoms with Crippen molar-refractivity contribution in [3.63, 3.8) is 0 Å². The van der Waals surface area contributed by atoms with Gasteiger partial charge >= 0.3 is 0 Å². The molecule has 0 radical (unpaired) electrons. The molecule has 230 valence electrons. The number of para-hydroxylation sites is 2. The van der Waals surface area contributed by atoms with E-state index in [2.05, 4.69) is 183 Å². The van der Waals surface area contributed by atoms with Crippen LogP contribution in [0.15, 0.2) is 158 Å². The summed E-state index contributed by atoms with van der Waals surface area (Å²) >= 11 is 0. The lowest BCUT2D eigenvalue weighted by Crippen LogP contribution is -2.63. The van der Waals surface area contributed by atoms with Gasteiger partial charge in [0.2, 0.25) is 13.4 Å². The Balaban J connectivity index is 1.38. The van der Waals surface area contributed by atoms with Crippen LogP contribution in [0.5, 0.6) is 0 Å². The number of fused-ring (bicyclic) bond motifs is 1. The first kappa shape index (κ1) is 28.5. The van der Waals surface area contributed by atoms with Gasteiger partial charge in [-0.3, -0.25) is 0 Å². The van der Waals surface area contributed by atoms with E-state index in [0.717, 1.165) is 0 Å². The Morgan fingerprint density at radius 2 is 0.816 bits per heavy atom. The summed E-state index contributed by atoms with van der Waals surface area (Å²) < 4.78 is 2.65. The summed E-state index contributed by atoms with van der Waals surface area (Å²) in [7, 11) is 0. The Labute approximate surface area is 289 Å². The van der Waals surface area contributed by atoms with E-state index in [1.54, 1.807) is 0 Å². The molecule has 3 heteroatoms. The van der Waals surface area contributed by atoms with Crippen molar-refractivity contribution in [3.8, 4) is 27.9 Å². The molecule has 0 amide bonds. The highest BCUT2D eigenvalue weighted by atomic mass is 15.0. The number of hydrogen-bond donors (Lipinski definition) is 0. The molecule has 0 spiro atoms. The Morgan fingerprint density at radius 1 is 0.408 bits per heavy atom. The fourth-order valence-electron chi connectivity index (χ4n) is 8.93. The van der Waals surface area contributed by atoms with Crippen LogP contribution in [-0.2, 0) is 5.41 Å². The molecule has 8 aromatic rings. The molecule has 1 aromatic heterocycles. The quantitative estimate of drug-likeness (QED) is 0.185. The zero-order chi connectivity index (χ0) is 32.9. The van der Waals surface area contributed by atoms with E-state index >= 15 is 0 Å². The maximum absolute atomic E-state index is 2.65. The number of nitrogens with zero attached hydrogens (tertiary/aromatic N) is 1. The number of rotatable bonds is 4. The summed E-state index contributed by atoms with van der Waals surface area (Å²) in [6.07, 6.45) is 0. The van der Waals surface area contributed by atoms with Gasteiger partial charge in [0.1, 0.15) is 0 Å². The van der Waals surface area contributed by atoms with Crippen LogP contribution in [0.2, 0.25) is 0 Å². The SMILES string of the molecule is CC(C)(C)c1cc2c3c(c1)B(c1ccccc1-c1ccccc1)c1cccc4c5cccc(c5n-3c14)B2c1ccccc1-c1ccccc1. The standard InChI is InChI=1S/C46H35B2N/c1-46(2,3)32-28-41-45-42(29-32)48(38-25-13-11-21-34(38)31-18-8-5-9-19-31)40-27-15-23-36-35-22-14-26-39(43(35)49(45)44(36)40)47(41)37-24-12-10-20-33(37)30-16-6-4-7-17-30/h4-29H,1-3H3. The third kappa shape index (κ3) is 4.09. The van der Waals surface area contributed by atoms with Gasteiger partial charge in [-0.15, -0.1) is 0 Å². The summed E-state index contributed by atoms with van der Waals surface area (Å²) in [5.41, 5.74) is 18.8. The molecule has 10 rings (SSSR count). The van der Waals surface area contributed by atoms with Gasteiger partial charge in [-0.05, 0) is 55.1 Å². The van der Waals surface area contributed by atoms with Crippen LogP contribution >= 0.6 is 0 Å². The van der Waals surface area contributed by atoms with Crippen LogP contribution in [0.4, 0.5) is 0 Å². The van der Waals surface area contributed by atoms with E-state index in [1.165, 1.54) is 88.1 Å². The predicted octanol–water partition coefficient (Wildman–Crippen LogP) is 7.07. The molecule has 0 saturated carbocycles. The minimum Gasteiger partial charge on any atom is -0.311 e. The van der Waals surface area contributed by atoms with E-state index in [4.69, 9.17) is 0 Å². The summed E-state index contributed by atoms with van der Waals surface area (Å²) in [5, 5.41) is 2.68. The molecular weight excluding hydrogens is 588 g/mol. The fourth-order valence-corrected chi connectivity index (χ4v) is 8.93. The van der Waals surface area contributed by atoms with Crippen molar-refractivity contribution >= 4 is 68.0 Å². The second-order valence-corrected chi connectivity index (χ2v) is 14.8. The largest absolute Gasteiger partial charge is 0.311 e. The molecular formula is C46H35B2N. The van der Waals surface area contributed by atoms with Crippen LogP contribution in [-0.4, -0.2) is 18.0 Å². The van der Waals surface area contributed by atoms with Crippen LogP contribution < -0.4 is 32.8 Å². The van der Waals surface area contributed by atoms with Crippen molar-refractivity contribution in [2.45, 2.75) is 26.2 Å². The molecule has 1 nitrogen and oxygen atoms in total. The lowest BCUT2D eigenvalue weighted by Gasteiger charge is -2.37. The highest BCUT2D eigenvalue weighted by molar-refractivity contribution is 7.02. The molecule has 3 heterocycles. The Hall–Kier alpha value is -5.53. The predicted molar refractivity (Wildman–Crippen MR) is 213 cm³/mol. The molecule has 2 aliphatic heterocycles. The topological polar surface area (TPSA) is 4.93 Å². The third-order valence-electron chi connectivity index (χ3n) is 11.1. The van der Waals surface area contributed by atoms with Crippen molar-refractivity contribution in [1.82, 2.24) is 4.57 Å². The lowest BCUT2D eigenvalue weighted by molar-refractivity contribution is 0.591. The molecule has 0 aliphatic carbocycles. The van der Waals surface area contributed by atoms with Crippen molar-refractivity contribution in [2.24, 2.45) is 0 Å². The maximum Gasteiger partial charge on any atom is 0.247 e. The van der Waals surface area contributed by atoms with Crippen molar-refractivity contribution < 1.29 is 0 Å². The molecule has 0 unspecified atom stereocenters. The minimum atomic E-state index is -0.0339. The number of aromatic nitrogens is 1. The van der Waals surface area contributed by atoms with Crippen LogP contribution in [0.3, 0.4) is 0 Å². The van der Waals surface area contributed by atoms with Crippen molar-refractivity contribution in [1.29, 1.82) is 0 Å². The summed E-state index contributed by atoms with van der Waals surface area (Å²) in [4.78, 5) is 0. The first-order valence-electron chi connectivity index (χ1n) is 17.5. The van der Waals surface area contributed by atoms with Crippen molar-refractivity contribution in [2.75, 3.05) is 0 Å². The molecule has 0 bridgehead atoms. The first-order valence-corrected chi connectivity index (χ1v) is 17.5. The van der Waals surface area contributed by atoms with Gasteiger partial charge in [-0.2, -0.15) is 0 Å². The summed E-state index contributed by atoms with van der Waals surface area (Å²) in [6.45, 7) is 7.25. The van der Waals surface area contributed by atoms with E-state index in [1.807, 2.05) is 0 Å². The van der Waals surface area contributed by atoms with Crippen LogP contribution in [0.25, 0.3) is 49.7 Å². The van der Waals surface area contributed by atoms with E-state index in [-0.39, 0.29) is 18.8 Å². The molecule has 0 saturated heterocycles. The molecule has 49 heavy (non-hydrogen) atoms. The van der Waals surface area contributed by atoms with Gasteiger partial charge in [-0.1, -0.05) is 189 Å². The van der Waals surface area contributed by atoms with E-state index in [0.29, 0.717) is 0 Å². The molecule has 0 fully saturated rings. The molecule has 0 atom stereocenters. The van der Waals surface area contributed by atoms with Gasteiger partial charge < -0.3 is 4.57 Å². The highest BCUT2D eigenvalue weighted by Crippen LogP contribution is 2.36. The average Bonchev–Trinajstić information content (AvgIpc) is 3.49. The Bertz CT molecular complexity index is 2420. The monoisotopic (exact) mass is 623 g/mol. The second-order valence-electron chi connectivity index (χ2n) is 14.8. The Morgan fingerprint density at radius 3 is 1.27 bits per heavy atom. The number of hydrogen-bond acceptors (Lipinski definition) is 0. The van der Waals surface area contributed by atoms with Gasteiger partial charge in [0, 0.05) is 27.5 Å². The van der Waals surface area contributed by atoms with E-state index < -0.39 is 0 Å². The lowest BCUT2D eigenvalue weighted by atomic mass is 9.30. The smallest absolute Gasteiger partial charge is 0.247 e. The van der Waals surface area contributed by atoms with E-state index in [9.17, 15) is 0 Å². The first-order chi connectivity index (χ1) is 24.0. The van der Waals surface area contributed by atoms with Gasteiger partial charge in [0.15, 0.2) is 0 Å². The zero-order valence-electron chi connectivity index (χ0n) is 28.1. The fraction of sp³-hybridized carbons (Fsp3) is 0.0870. The zero-order valence-corrected chi connectivity index (χ0v) is 28.1. The van der Waals surface area contributed by atoms with Crippen LogP contribution in [0.1, 0.15) is 26.3 Å². The molecule has 0 N–H and O–H groups in total.